The van der Waals surface area contributed by atoms with Gasteiger partial charge in [0.05, 0.1) is 12.8 Å². The summed E-state index contributed by atoms with van der Waals surface area (Å²) in [5.74, 6) is -5.02. The van der Waals surface area contributed by atoms with Crippen molar-refractivity contribution in [2.75, 3.05) is 0 Å². The second-order valence-electron chi connectivity index (χ2n) is 2.48. The van der Waals surface area contributed by atoms with Gasteiger partial charge in [0.25, 0.3) is 0 Å². The topological polar surface area (TPSA) is 132 Å². The van der Waals surface area contributed by atoms with Gasteiger partial charge in [0.1, 0.15) is 0 Å². The summed E-state index contributed by atoms with van der Waals surface area (Å²) >= 11 is 0. The standard InChI is InChI=1S/C6H8O7.Ca.2Na.4H/c7-3(8)1-6(13,5(11)12)2-4(9)10;;;;;;;/h13H,1-2H2,(H,7,8)(H,9,10)(H,11,12);;;;;;;. The fourth-order valence-electron chi connectivity index (χ4n) is 0.714. The summed E-state index contributed by atoms with van der Waals surface area (Å²) in [7, 11) is 0. The fraction of sp³-hybridized carbons (Fsp3) is 0.500. The molecule has 0 aromatic rings. The van der Waals surface area contributed by atoms with E-state index in [-0.39, 0.29) is 96.9 Å². The van der Waals surface area contributed by atoms with E-state index in [1.807, 2.05) is 0 Å². The predicted molar refractivity (Wildman–Crippen MR) is 59.9 cm³/mol. The molecule has 0 aliphatic rings. The summed E-state index contributed by atoms with van der Waals surface area (Å²) in [5, 5.41) is 33.8. The first-order valence-electron chi connectivity index (χ1n) is 3.17. The van der Waals surface area contributed by atoms with Gasteiger partial charge >= 0.3 is 115 Å². The molecule has 0 rings (SSSR count). The average Bonchev–Trinajstić information content (AvgIpc) is 1.82. The minimum absolute atomic E-state index is 0. The molecule has 0 heterocycles. The predicted octanol–water partition coefficient (Wildman–Crippen LogP) is -3.46. The summed E-state index contributed by atoms with van der Waals surface area (Å²) < 4.78 is 0. The van der Waals surface area contributed by atoms with Gasteiger partial charge in [-0.3, -0.25) is 9.59 Å². The van der Waals surface area contributed by atoms with Gasteiger partial charge in [-0.2, -0.15) is 0 Å². The summed E-state index contributed by atoms with van der Waals surface area (Å²) in [6, 6.07) is 0. The number of rotatable bonds is 5. The van der Waals surface area contributed by atoms with E-state index in [1.54, 1.807) is 0 Å². The third-order valence-corrected chi connectivity index (χ3v) is 1.29. The van der Waals surface area contributed by atoms with Crippen molar-refractivity contribution < 1.29 is 34.8 Å². The van der Waals surface area contributed by atoms with Crippen LogP contribution in [0.15, 0.2) is 0 Å². The van der Waals surface area contributed by atoms with Crippen molar-refractivity contribution in [1.29, 1.82) is 0 Å². The molecule has 0 fully saturated rings. The number of hydrogen-bond acceptors (Lipinski definition) is 4. The molecule has 0 saturated carbocycles. The first kappa shape index (κ1) is 26.2. The van der Waals surface area contributed by atoms with Crippen LogP contribution >= 0.6 is 0 Å². The monoisotopic (exact) mass is 282 g/mol. The van der Waals surface area contributed by atoms with E-state index in [1.165, 1.54) is 0 Å². The Hall–Kier alpha value is 1.63. The molecule has 0 amide bonds. The van der Waals surface area contributed by atoms with E-state index in [2.05, 4.69) is 0 Å². The molecule has 0 radical (unpaired) electrons. The second kappa shape index (κ2) is 11.7. The average molecular weight is 282 g/mol. The van der Waals surface area contributed by atoms with Crippen LogP contribution in [0.1, 0.15) is 12.8 Å². The van der Waals surface area contributed by atoms with Gasteiger partial charge in [-0.1, -0.05) is 0 Å². The van der Waals surface area contributed by atoms with Gasteiger partial charge in [0, 0.05) is 0 Å². The number of hydrogen-bond donors (Lipinski definition) is 4. The van der Waals surface area contributed by atoms with Crippen molar-refractivity contribution in [2.45, 2.75) is 18.4 Å². The van der Waals surface area contributed by atoms with Crippen LogP contribution in [0.25, 0.3) is 0 Å². The van der Waals surface area contributed by atoms with Crippen LogP contribution in [0.5, 0.6) is 0 Å². The van der Waals surface area contributed by atoms with Gasteiger partial charge < -0.3 is 20.4 Å². The Balaban J connectivity index is -0.000000240. The molecule has 16 heavy (non-hydrogen) atoms. The van der Waals surface area contributed by atoms with Gasteiger partial charge in [-0.15, -0.1) is 0 Å². The van der Waals surface area contributed by atoms with E-state index < -0.39 is 36.4 Å². The molecule has 7 nitrogen and oxygen atoms in total. The van der Waals surface area contributed by atoms with E-state index >= 15 is 0 Å². The molecule has 0 atom stereocenters. The number of aliphatic hydroxyl groups is 1. The van der Waals surface area contributed by atoms with Gasteiger partial charge in [0.15, 0.2) is 5.60 Å². The van der Waals surface area contributed by atoms with Crippen molar-refractivity contribution in [3.05, 3.63) is 0 Å². The van der Waals surface area contributed by atoms with Crippen LogP contribution in [0.2, 0.25) is 0 Å². The zero-order valence-corrected chi connectivity index (χ0v) is 6.43. The first-order chi connectivity index (χ1) is 5.78. The van der Waals surface area contributed by atoms with Gasteiger partial charge in [-0.05, 0) is 0 Å². The maximum absolute atomic E-state index is 10.3. The van der Waals surface area contributed by atoms with Crippen LogP contribution in [0, 0.1) is 0 Å². The van der Waals surface area contributed by atoms with Crippen molar-refractivity contribution in [3.8, 4) is 0 Å². The normalized spacial score (nSPS) is 8.81. The number of aliphatic carboxylic acids is 3. The Kier molecular flexibility index (Phi) is 19.2. The Morgan fingerprint density at radius 3 is 1.25 bits per heavy atom. The van der Waals surface area contributed by atoms with Crippen molar-refractivity contribution in [1.82, 2.24) is 0 Å². The molecule has 0 saturated heterocycles. The quantitative estimate of drug-likeness (QED) is 0.385. The third-order valence-electron chi connectivity index (χ3n) is 1.29. The second-order valence-corrected chi connectivity index (χ2v) is 2.48. The zero-order valence-electron chi connectivity index (χ0n) is 6.43. The molecule has 0 bridgehead atoms. The van der Waals surface area contributed by atoms with Crippen molar-refractivity contribution in [3.63, 3.8) is 0 Å². The first-order valence-corrected chi connectivity index (χ1v) is 3.17. The van der Waals surface area contributed by atoms with E-state index in [4.69, 9.17) is 20.4 Å². The molecule has 4 N–H and O–H groups in total. The summed E-state index contributed by atoms with van der Waals surface area (Å²) in [6.07, 6.45) is -2.29. The van der Waals surface area contributed by atoms with Crippen LogP contribution in [0.3, 0.4) is 0 Å². The fourth-order valence-corrected chi connectivity index (χ4v) is 0.714. The Bertz CT molecular complexity index is 241. The Morgan fingerprint density at radius 2 is 1.12 bits per heavy atom. The molecule has 0 aromatic carbocycles. The van der Waals surface area contributed by atoms with Gasteiger partial charge in [0.2, 0.25) is 0 Å². The molecule has 0 aromatic heterocycles. The van der Waals surface area contributed by atoms with E-state index in [0.717, 1.165) is 0 Å². The molecule has 0 spiro atoms. The number of carboxylic acid groups (broad SMARTS) is 3. The molecule has 0 aliphatic heterocycles. The van der Waals surface area contributed by atoms with E-state index in [9.17, 15) is 14.4 Å². The number of carboxylic acids is 3. The van der Waals surface area contributed by atoms with Crippen LogP contribution in [0.4, 0.5) is 0 Å². The molecule has 10 heteroatoms. The molecular formula is C6H12CaNa2O7. The molecular weight excluding hydrogens is 270 g/mol. The summed E-state index contributed by atoms with van der Waals surface area (Å²) in [5.41, 5.74) is -2.74. The molecule has 0 unspecified atom stereocenters. The Morgan fingerprint density at radius 1 is 0.875 bits per heavy atom. The minimum atomic E-state index is -2.74. The Labute approximate surface area is 165 Å². The molecule has 82 valence electrons. The van der Waals surface area contributed by atoms with Crippen LogP contribution in [-0.2, 0) is 14.4 Å². The molecule has 0 aliphatic carbocycles. The van der Waals surface area contributed by atoms with Crippen molar-refractivity contribution >= 4 is 115 Å². The van der Waals surface area contributed by atoms with E-state index in [0.29, 0.717) is 0 Å². The van der Waals surface area contributed by atoms with Crippen LogP contribution in [-0.4, -0.2) is 141 Å². The maximum atomic E-state index is 10.3. The summed E-state index contributed by atoms with van der Waals surface area (Å²) in [4.78, 5) is 30.5. The van der Waals surface area contributed by atoms with Crippen molar-refractivity contribution in [2.24, 2.45) is 0 Å². The SMILES string of the molecule is O=C(O)CC(O)(CC(=O)O)C(=O)O.[CaH2].[NaH].[NaH]. The summed E-state index contributed by atoms with van der Waals surface area (Å²) in [6.45, 7) is 0. The zero-order chi connectivity index (χ0) is 10.6. The van der Waals surface area contributed by atoms with Gasteiger partial charge in [-0.25, -0.2) is 4.79 Å². The third kappa shape index (κ3) is 10.8. The number of carbonyl (C=O) groups is 3. The van der Waals surface area contributed by atoms with Crippen LogP contribution < -0.4 is 0 Å².